The Balaban J connectivity index is 1.41. The lowest BCUT2D eigenvalue weighted by atomic mass is 9.79. The molecule has 1 aliphatic heterocycles. The van der Waals surface area contributed by atoms with Gasteiger partial charge in [-0.1, -0.05) is 55.9 Å². The molecule has 3 aliphatic rings. The molecule has 2 aliphatic carbocycles. The minimum atomic E-state index is -1.21. The number of H-pyrrole nitrogens is 1. The quantitative estimate of drug-likeness (QED) is 0.108. The zero-order valence-electron chi connectivity index (χ0n) is 29.1. The summed E-state index contributed by atoms with van der Waals surface area (Å²) in [5.74, 6) is 7.17. The van der Waals surface area contributed by atoms with E-state index < -0.39 is 24.9 Å². The molecular formula is C40H55N3O7. The second-order valence-corrected chi connectivity index (χ2v) is 13.9. The highest BCUT2D eigenvalue weighted by Crippen LogP contribution is 2.40. The maximum atomic E-state index is 11.8. The molecule has 1 aromatic heterocycles. The number of benzene rings is 1. The number of ether oxygens (including phenoxy) is 2. The fourth-order valence-electron chi connectivity index (χ4n) is 7.57. The molecule has 1 aromatic carbocycles. The number of phenols is 1. The van der Waals surface area contributed by atoms with E-state index in [-0.39, 0.29) is 54.5 Å². The predicted molar refractivity (Wildman–Crippen MR) is 193 cm³/mol. The molecule has 2 aromatic rings. The number of aromatic nitrogens is 1. The molecule has 10 heteroatoms. The third-order valence-electron chi connectivity index (χ3n) is 10.4. The summed E-state index contributed by atoms with van der Waals surface area (Å²) in [5.41, 5.74) is 8.96. The Morgan fingerprint density at radius 3 is 2.68 bits per heavy atom. The van der Waals surface area contributed by atoms with Crippen molar-refractivity contribution < 1.29 is 35.0 Å². The van der Waals surface area contributed by atoms with Gasteiger partial charge >= 0.3 is 0 Å². The molecule has 0 radical (unpaired) electrons. The first kappa shape index (κ1) is 37.5. The maximum absolute atomic E-state index is 11.8. The van der Waals surface area contributed by atoms with Crippen molar-refractivity contribution in [1.82, 2.24) is 10.3 Å². The van der Waals surface area contributed by atoms with Gasteiger partial charge in [0, 0.05) is 42.1 Å². The molecular weight excluding hydrogens is 634 g/mol. The number of rotatable bonds is 14. The molecule has 272 valence electrons. The van der Waals surface area contributed by atoms with Crippen LogP contribution in [0, 0.1) is 35.5 Å². The first-order valence-electron chi connectivity index (χ1n) is 18.2. The van der Waals surface area contributed by atoms with Gasteiger partial charge < -0.3 is 51.0 Å². The van der Waals surface area contributed by atoms with Crippen molar-refractivity contribution in [2.45, 2.75) is 88.6 Å². The zero-order valence-corrected chi connectivity index (χ0v) is 29.1. The molecule has 0 bridgehead atoms. The van der Waals surface area contributed by atoms with E-state index in [2.05, 4.69) is 47.3 Å². The van der Waals surface area contributed by atoms with Gasteiger partial charge in [-0.15, -0.1) is 0 Å². The molecule has 2 heterocycles. The molecule has 0 amide bonds. The summed E-state index contributed by atoms with van der Waals surface area (Å²) in [6.45, 7) is 2.36. The van der Waals surface area contributed by atoms with E-state index in [4.69, 9.17) is 15.2 Å². The summed E-state index contributed by atoms with van der Waals surface area (Å²) in [6.07, 6.45) is 13.2. The molecule has 0 saturated carbocycles. The van der Waals surface area contributed by atoms with Crippen molar-refractivity contribution in [2.75, 3.05) is 26.4 Å². The normalized spacial score (nSPS) is 27.2. The number of nitrogens with one attached hydrogen (secondary N) is 2. The van der Waals surface area contributed by atoms with Crippen LogP contribution in [0.15, 0.2) is 72.2 Å². The molecule has 10 nitrogen and oxygen atoms in total. The largest absolute Gasteiger partial charge is 0.504 e. The van der Waals surface area contributed by atoms with Crippen LogP contribution in [0.5, 0.6) is 11.5 Å². The third kappa shape index (κ3) is 9.95. The number of hydrogen-bond acceptors (Lipinski definition) is 9. The van der Waals surface area contributed by atoms with Crippen LogP contribution < -0.4 is 15.8 Å². The van der Waals surface area contributed by atoms with Crippen LogP contribution in [-0.4, -0.2) is 81.3 Å². The molecule has 9 N–H and O–H groups in total. The monoisotopic (exact) mass is 689 g/mol. The number of nitrogens with two attached hydrogens (primary N) is 1. The lowest BCUT2D eigenvalue weighted by Gasteiger charge is -2.34. The van der Waals surface area contributed by atoms with Crippen LogP contribution in [0.4, 0.5) is 0 Å². The van der Waals surface area contributed by atoms with Gasteiger partial charge in [-0.2, -0.15) is 0 Å². The second-order valence-electron chi connectivity index (χ2n) is 13.9. The number of aliphatic hydroxyl groups excluding tert-OH is 4. The Hall–Kier alpha value is -3.72. The Bertz CT molecular complexity index is 1510. The van der Waals surface area contributed by atoms with Gasteiger partial charge in [0.1, 0.15) is 12.2 Å². The predicted octanol–water partition coefficient (Wildman–Crippen LogP) is 4.02. The van der Waals surface area contributed by atoms with E-state index in [9.17, 15) is 25.5 Å². The smallest absolute Gasteiger partial charge is 0.161 e. The average Bonchev–Trinajstić information content (AvgIpc) is 3.58. The molecule has 0 saturated heterocycles. The number of fused-ring (bicyclic) bond motifs is 1. The second kappa shape index (κ2) is 18.5. The summed E-state index contributed by atoms with van der Waals surface area (Å²) in [6, 6.07) is 9.10. The first-order chi connectivity index (χ1) is 24.3. The Kier molecular flexibility index (Phi) is 13.9. The number of hydrogen-bond donors (Lipinski definition) is 8. The fraction of sp³-hybridized carbons (Fsp3) is 0.550. The summed E-state index contributed by atoms with van der Waals surface area (Å²) in [4.78, 5) is 3.25. The van der Waals surface area contributed by atoms with E-state index in [0.717, 1.165) is 48.9 Å². The van der Waals surface area contributed by atoms with Gasteiger partial charge in [0.25, 0.3) is 0 Å². The van der Waals surface area contributed by atoms with Gasteiger partial charge in [0.15, 0.2) is 11.5 Å². The summed E-state index contributed by atoms with van der Waals surface area (Å²) >= 11 is 0. The van der Waals surface area contributed by atoms with Gasteiger partial charge in [0.2, 0.25) is 0 Å². The number of dihydropyridines is 1. The van der Waals surface area contributed by atoms with E-state index in [0.29, 0.717) is 37.5 Å². The van der Waals surface area contributed by atoms with Gasteiger partial charge in [-0.3, -0.25) is 0 Å². The molecule has 0 unspecified atom stereocenters. The van der Waals surface area contributed by atoms with Crippen LogP contribution in [0.25, 0.3) is 0 Å². The Labute approximate surface area is 296 Å². The highest BCUT2D eigenvalue weighted by molar-refractivity contribution is 5.44. The number of allylic oxidation sites excluding steroid dienone is 4. The Morgan fingerprint density at radius 2 is 1.94 bits per heavy atom. The number of phenolic OH excluding ortho intramolecular Hbond substituents is 1. The minimum absolute atomic E-state index is 0.0828. The van der Waals surface area contributed by atoms with Crippen LogP contribution in [0.1, 0.15) is 69.0 Å². The summed E-state index contributed by atoms with van der Waals surface area (Å²) in [5, 5.41) is 56.4. The van der Waals surface area contributed by atoms with Crippen molar-refractivity contribution in [2.24, 2.45) is 29.4 Å². The zero-order chi connectivity index (χ0) is 35.5. The van der Waals surface area contributed by atoms with Gasteiger partial charge in [0.05, 0.1) is 37.8 Å². The molecule has 0 fully saturated rings. The average molecular weight is 690 g/mol. The molecule has 50 heavy (non-hydrogen) atoms. The van der Waals surface area contributed by atoms with Gasteiger partial charge in [-0.25, -0.2) is 0 Å². The van der Waals surface area contributed by atoms with Crippen LogP contribution in [-0.2, 0) is 11.2 Å². The standard InChI is InChI=1S/C40H55N3O7/c1-2-26-6-3-4-8-36(49-19-18-44)40-27(10-9-26)11-12-28(21-34(40)47)29-13-14-33(46)37(22-29)50-38(35(48)25-45)23-31(20-32-7-5-16-42-32)30-15-17-43-39(41)24-30/h5,7,11-16,22,24,26-28,31,34-36,38,40,42-48H,2-4,6,8,17-21,23,25,41H2,1H3/t26-,27-,28+,31+,34-,35-,36+,38-,40+/m1/s1. The lowest BCUT2D eigenvalue weighted by molar-refractivity contribution is -0.0602. The highest BCUT2D eigenvalue weighted by atomic mass is 16.5. The SMILES string of the molecule is CC[C@H]1C#C[C@@H]2C=C[C@H](c3ccc(O)c(O[C@H](C[C@H](Cc4ccc[nH]4)C4=CCNC(N)=C4)[C@H](O)CO)c3)C[C@@H](O)[C@H]2[C@@H](OCCO)CCCC1. The van der Waals surface area contributed by atoms with Gasteiger partial charge in [-0.05, 0) is 85.9 Å². The van der Waals surface area contributed by atoms with Crippen molar-refractivity contribution in [3.05, 3.63) is 83.5 Å². The van der Waals surface area contributed by atoms with Crippen LogP contribution in [0.2, 0.25) is 0 Å². The van der Waals surface area contributed by atoms with Crippen molar-refractivity contribution >= 4 is 0 Å². The number of aromatic hydroxyl groups is 1. The van der Waals surface area contributed by atoms with E-state index in [1.165, 1.54) is 0 Å². The van der Waals surface area contributed by atoms with E-state index in [1.54, 1.807) is 12.1 Å². The molecule has 0 spiro atoms. The Morgan fingerprint density at radius 1 is 1.10 bits per heavy atom. The fourth-order valence-corrected chi connectivity index (χ4v) is 7.57. The topological polar surface area (TPSA) is 173 Å². The van der Waals surface area contributed by atoms with Crippen molar-refractivity contribution in [1.29, 1.82) is 0 Å². The lowest BCUT2D eigenvalue weighted by Crippen LogP contribution is -2.39. The molecule has 5 rings (SSSR count). The highest BCUT2D eigenvalue weighted by Gasteiger charge is 2.38. The molecule has 9 atom stereocenters. The van der Waals surface area contributed by atoms with Crippen LogP contribution in [0.3, 0.4) is 0 Å². The third-order valence-corrected chi connectivity index (χ3v) is 10.4. The summed E-state index contributed by atoms with van der Waals surface area (Å²) in [7, 11) is 0. The van der Waals surface area contributed by atoms with E-state index >= 15 is 0 Å². The summed E-state index contributed by atoms with van der Waals surface area (Å²) < 4.78 is 12.5. The number of aromatic amines is 1. The maximum Gasteiger partial charge on any atom is 0.161 e. The number of aliphatic hydroxyl groups is 4. The van der Waals surface area contributed by atoms with Crippen molar-refractivity contribution in [3.8, 4) is 23.3 Å². The first-order valence-corrected chi connectivity index (χ1v) is 18.2. The van der Waals surface area contributed by atoms with E-state index in [1.807, 2.05) is 30.5 Å². The van der Waals surface area contributed by atoms with Crippen molar-refractivity contribution in [3.63, 3.8) is 0 Å². The van der Waals surface area contributed by atoms with Crippen LogP contribution >= 0.6 is 0 Å². The minimum Gasteiger partial charge on any atom is -0.504 e.